The molecule has 0 amide bonds. The van der Waals surface area contributed by atoms with E-state index in [4.69, 9.17) is 23.2 Å². The molecule has 2 aliphatic rings. The fraction of sp³-hybridized carbons (Fsp3) is 0.261. The number of fused-ring (bicyclic) bond motifs is 2. The van der Waals surface area contributed by atoms with Crippen molar-refractivity contribution >= 4 is 62.4 Å². The molecule has 176 valence electrons. The molecule has 0 bridgehead atoms. The van der Waals surface area contributed by atoms with Crippen molar-refractivity contribution in [3.63, 3.8) is 0 Å². The molecule has 1 N–H and O–H groups in total. The molecule has 34 heavy (non-hydrogen) atoms. The fourth-order valence-electron chi connectivity index (χ4n) is 4.21. The molecule has 0 saturated heterocycles. The van der Waals surface area contributed by atoms with Crippen LogP contribution in [0, 0.1) is 0 Å². The average Bonchev–Trinajstić information content (AvgIpc) is 2.79. The highest BCUT2D eigenvalue weighted by Gasteiger charge is 2.33. The standard InChI is InChI=1S/C23H20Cl2N4O3S2/c1-34(31,32)29-8-7-13-5-6-15(9-14(13)11-29)27-23-26-10-16-21(30)17(12-33-22(16)28-23)20-18(24)3-2-4-19(20)25/h2-6,9-10,17H,7-8,11-12H2,1H3,(H,26,27,28). The van der Waals surface area contributed by atoms with Crippen molar-refractivity contribution in [1.82, 2.24) is 14.3 Å². The predicted molar refractivity (Wildman–Crippen MR) is 135 cm³/mol. The van der Waals surface area contributed by atoms with E-state index in [0.29, 0.717) is 57.4 Å². The normalized spacial score (nSPS) is 18.3. The van der Waals surface area contributed by atoms with E-state index in [-0.39, 0.29) is 5.78 Å². The molecular weight excluding hydrogens is 515 g/mol. The first-order valence-corrected chi connectivity index (χ1v) is 14.1. The van der Waals surface area contributed by atoms with Gasteiger partial charge in [0.15, 0.2) is 5.78 Å². The molecule has 2 aliphatic heterocycles. The lowest BCUT2D eigenvalue weighted by Crippen LogP contribution is -2.35. The summed E-state index contributed by atoms with van der Waals surface area (Å²) < 4.78 is 25.3. The molecule has 2 aromatic carbocycles. The first-order chi connectivity index (χ1) is 16.2. The van der Waals surface area contributed by atoms with Crippen LogP contribution in [-0.2, 0) is 23.0 Å². The number of benzene rings is 2. The monoisotopic (exact) mass is 534 g/mol. The van der Waals surface area contributed by atoms with Gasteiger partial charge in [-0.25, -0.2) is 18.4 Å². The molecule has 3 aromatic rings. The summed E-state index contributed by atoms with van der Waals surface area (Å²) in [6.45, 7) is 0.823. The second-order valence-corrected chi connectivity index (χ2v) is 12.0. The number of aromatic nitrogens is 2. The van der Waals surface area contributed by atoms with E-state index in [9.17, 15) is 13.2 Å². The minimum atomic E-state index is -3.25. The summed E-state index contributed by atoms with van der Waals surface area (Å²) >= 11 is 14.1. The molecule has 0 fully saturated rings. The maximum atomic E-state index is 13.2. The number of rotatable bonds is 4. The van der Waals surface area contributed by atoms with Crippen molar-refractivity contribution in [3.8, 4) is 0 Å². The van der Waals surface area contributed by atoms with Crippen LogP contribution in [0.1, 0.15) is 33.0 Å². The Morgan fingerprint density at radius 2 is 1.91 bits per heavy atom. The number of ketones is 1. The van der Waals surface area contributed by atoms with Crippen molar-refractivity contribution in [2.45, 2.75) is 23.9 Å². The number of carbonyl (C=O) groups is 1. The highest BCUT2D eigenvalue weighted by molar-refractivity contribution is 7.99. The second kappa shape index (κ2) is 9.13. The van der Waals surface area contributed by atoms with E-state index in [1.807, 2.05) is 18.2 Å². The maximum absolute atomic E-state index is 13.2. The van der Waals surface area contributed by atoms with Crippen LogP contribution in [0.5, 0.6) is 0 Å². The fourth-order valence-corrected chi connectivity index (χ4v) is 6.77. The third-order valence-corrected chi connectivity index (χ3v) is 8.97. The average molecular weight is 535 g/mol. The molecule has 5 rings (SSSR count). The topological polar surface area (TPSA) is 92.3 Å². The summed E-state index contributed by atoms with van der Waals surface area (Å²) in [5, 5.41) is 4.71. The Morgan fingerprint density at radius 1 is 1.15 bits per heavy atom. The third kappa shape index (κ3) is 4.55. The van der Waals surface area contributed by atoms with Crippen LogP contribution >= 0.6 is 35.0 Å². The van der Waals surface area contributed by atoms with E-state index in [1.54, 1.807) is 18.2 Å². The minimum Gasteiger partial charge on any atom is -0.324 e. The highest BCUT2D eigenvalue weighted by atomic mass is 35.5. The van der Waals surface area contributed by atoms with Gasteiger partial charge in [0.25, 0.3) is 0 Å². The van der Waals surface area contributed by atoms with E-state index in [2.05, 4.69) is 15.3 Å². The Morgan fingerprint density at radius 3 is 2.65 bits per heavy atom. The van der Waals surface area contributed by atoms with Gasteiger partial charge in [0.05, 0.1) is 17.7 Å². The van der Waals surface area contributed by atoms with Gasteiger partial charge in [-0.05, 0) is 41.8 Å². The number of anilines is 2. The van der Waals surface area contributed by atoms with Crippen molar-refractivity contribution < 1.29 is 13.2 Å². The number of nitrogens with zero attached hydrogens (tertiary/aromatic N) is 3. The van der Waals surface area contributed by atoms with Gasteiger partial charge in [0.1, 0.15) is 5.03 Å². The zero-order valence-electron chi connectivity index (χ0n) is 18.1. The lowest BCUT2D eigenvalue weighted by molar-refractivity contribution is 0.0961. The Hall–Kier alpha value is -2.17. The van der Waals surface area contributed by atoms with Crippen LogP contribution in [0.15, 0.2) is 47.6 Å². The number of halogens is 2. The molecule has 3 heterocycles. The number of carbonyl (C=O) groups excluding carboxylic acids is 1. The Balaban J connectivity index is 1.37. The first-order valence-electron chi connectivity index (χ1n) is 10.5. The smallest absolute Gasteiger partial charge is 0.228 e. The molecular formula is C23H20Cl2N4O3S2. The molecule has 0 aliphatic carbocycles. The van der Waals surface area contributed by atoms with Crippen molar-refractivity contribution in [2.24, 2.45) is 0 Å². The van der Waals surface area contributed by atoms with E-state index < -0.39 is 15.9 Å². The van der Waals surface area contributed by atoms with E-state index in [0.717, 1.165) is 16.8 Å². The Bertz CT molecular complexity index is 1400. The molecule has 1 unspecified atom stereocenters. The number of Topliss-reactive ketones (excluding diaryl/α,β-unsaturated/α-hetero) is 1. The van der Waals surface area contributed by atoms with Gasteiger partial charge in [0.2, 0.25) is 16.0 Å². The minimum absolute atomic E-state index is 0.107. The van der Waals surface area contributed by atoms with Gasteiger partial charge in [-0.2, -0.15) is 4.31 Å². The molecule has 1 aromatic heterocycles. The van der Waals surface area contributed by atoms with Crippen LogP contribution < -0.4 is 5.32 Å². The van der Waals surface area contributed by atoms with Gasteiger partial charge >= 0.3 is 0 Å². The van der Waals surface area contributed by atoms with Crippen LogP contribution in [0.3, 0.4) is 0 Å². The van der Waals surface area contributed by atoms with Crippen LogP contribution in [-0.4, -0.2) is 47.0 Å². The summed E-state index contributed by atoms with van der Waals surface area (Å²) in [5.41, 5.74) is 3.90. The molecule has 0 saturated carbocycles. The molecule has 7 nitrogen and oxygen atoms in total. The molecule has 0 spiro atoms. The van der Waals surface area contributed by atoms with Crippen molar-refractivity contribution in [1.29, 1.82) is 0 Å². The number of sulfonamides is 1. The summed E-state index contributed by atoms with van der Waals surface area (Å²) in [6, 6.07) is 11.0. The number of hydrogen-bond donors (Lipinski definition) is 1. The maximum Gasteiger partial charge on any atom is 0.228 e. The lowest BCUT2D eigenvalue weighted by atomic mass is 9.93. The summed E-state index contributed by atoms with van der Waals surface area (Å²) in [4.78, 5) is 22.1. The summed E-state index contributed by atoms with van der Waals surface area (Å²) in [5.74, 6) is 0.278. The largest absolute Gasteiger partial charge is 0.324 e. The lowest BCUT2D eigenvalue weighted by Gasteiger charge is -2.27. The zero-order chi connectivity index (χ0) is 24.0. The van der Waals surface area contributed by atoms with E-state index in [1.165, 1.54) is 28.5 Å². The predicted octanol–water partition coefficient (Wildman–Crippen LogP) is 4.92. The van der Waals surface area contributed by atoms with E-state index >= 15 is 0 Å². The van der Waals surface area contributed by atoms with Gasteiger partial charge < -0.3 is 5.32 Å². The van der Waals surface area contributed by atoms with Crippen LogP contribution in [0.2, 0.25) is 10.0 Å². The van der Waals surface area contributed by atoms with Gasteiger partial charge in [0, 0.05) is 46.3 Å². The van der Waals surface area contributed by atoms with Gasteiger partial charge in [-0.15, -0.1) is 11.8 Å². The molecule has 11 heteroatoms. The Kier molecular flexibility index (Phi) is 6.32. The van der Waals surface area contributed by atoms with Gasteiger partial charge in [-0.1, -0.05) is 35.3 Å². The van der Waals surface area contributed by atoms with Crippen LogP contribution in [0.4, 0.5) is 11.6 Å². The number of thioether (sulfide) groups is 1. The third-order valence-electron chi connectivity index (χ3n) is 5.98. The number of hydrogen-bond acceptors (Lipinski definition) is 7. The van der Waals surface area contributed by atoms with Crippen molar-refractivity contribution in [2.75, 3.05) is 23.9 Å². The summed E-state index contributed by atoms with van der Waals surface area (Å²) in [6.07, 6.45) is 3.43. The zero-order valence-corrected chi connectivity index (χ0v) is 21.2. The molecule has 0 radical (unpaired) electrons. The second-order valence-electron chi connectivity index (χ2n) is 8.23. The Labute approximate surface area is 211 Å². The first kappa shape index (κ1) is 23.6. The highest BCUT2D eigenvalue weighted by Crippen LogP contribution is 2.41. The SMILES string of the molecule is CS(=O)(=O)N1CCc2ccc(Nc3ncc4c(n3)SCC(c3c(Cl)cccc3Cl)C4=O)cc2C1. The molecule has 1 atom stereocenters. The summed E-state index contributed by atoms with van der Waals surface area (Å²) in [7, 11) is -3.25. The quantitative estimate of drug-likeness (QED) is 0.475. The number of nitrogens with one attached hydrogen (secondary N) is 1. The van der Waals surface area contributed by atoms with Crippen LogP contribution in [0.25, 0.3) is 0 Å². The van der Waals surface area contributed by atoms with Crippen molar-refractivity contribution in [3.05, 3.63) is 74.9 Å². The van der Waals surface area contributed by atoms with Gasteiger partial charge in [-0.3, -0.25) is 4.79 Å².